The van der Waals surface area contributed by atoms with E-state index in [2.05, 4.69) is 15.6 Å². The van der Waals surface area contributed by atoms with E-state index in [4.69, 9.17) is 4.74 Å². The number of ether oxygens (including phenoxy) is 1. The average Bonchev–Trinajstić information content (AvgIpc) is 2.60. The van der Waals surface area contributed by atoms with E-state index in [9.17, 15) is 19.7 Å². The fraction of sp³-hybridized carbons (Fsp3) is 0.188. The molecule has 0 saturated carbocycles. The predicted octanol–water partition coefficient (Wildman–Crippen LogP) is 1.76. The van der Waals surface area contributed by atoms with Crippen LogP contribution in [0.3, 0.4) is 0 Å². The molecule has 0 saturated heterocycles. The second-order valence-corrected chi connectivity index (χ2v) is 4.86. The van der Waals surface area contributed by atoms with Gasteiger partial charge in [0.1, 0.15) is 6.20 Å². The second kappa shape index (κ2) is 8.39. The number of carbonyl (C=O) groups is 2. The van der Waals surface area contributed by atoms with Gasteiger partial charge in [-0.2, -0.15) is 0 Å². The summed E-state index contributed by atoms with van der Waals surface area (Å²) < 4.78 is 5.15. The molecule has 2 rings (SSSR count). The number of nitro groups is 1. The zero-order chi connectivity index (χ0) is 18.2. The lowest BCUT2D eigenvalue weighted by atomic mass is 10.2. The molecule has 0 radical (unpaired) electrons. The molecule has 0 atom stereocenters. The molecule has 2 amide bonds. The van der Waals surface area contributed by atoms with Crippen molar-refractivity contribution in [3.8, 4) is 5.75 Å². The van der Waals surface area contributed by atoms with Crippen molar-refractivity contribution in [2.45, 2.75) is 6.92 Å². The Bertz CT molecular complexity index is 794. The average molecular weight is 344 g/mol. The van der Waals surface area contributed by atoms with E-state index in [1.54, 1.807) is 25.1 Å². The van der Waals surface area contributed by atoms with E-state index < -0.39 is 23.3 Å². The van der Waals surface area contributed by atoms with Crippen molar-refractivity contribution in [2.75, 3.05) is 18.5 Å². The molecule has 2 N–H and O–H groups in total. The topological polar surface area (TPSA) is 123 Å². The van der Waals surface area contributed by atoms with Crippen LogP contribution in [-0.2, 0) is 4.79 Å². The smallest absolute Gasteiger partial charge is 0.406 e. The van der Waals surface area contributed by atoms with Crippen LogP contribution in [0.4, 0.5) is 11.5 Å². The normalized spacial score (nSPS) is 9.96. The van der Waals surface area contributed by atoms with Crippen LogP contribution in [-0.4, -0.2) is 34.9 Å². The summed E-state index contributed by atoms with van der Waals surface area (Å²) in [6, 6.07) is 9.22. The first-order valence-corrected chi connectivity index (χ1v) is 7.41. The number of benzene rings is 1. The number of hydrogen-bond acceptors (Lipinski definition) is 6. The summed E-state index contributed by atoms with van der Waals surface area (Å²) in [4.78, 5) is 37.5. The highest BCUT2D eigenvalue weighted by molar-refractivity contribution is 5.97. The maximum Gasteiger partial charge on any atom is 0.406 e. The molecular weight excluding hydrogens is 328 g/mol. The van der Waals surface area contributed by atoms with Crippen LogP contribution in [0.5, 0.6) is 5.75 Å². The number of amides is 2. The van der Waals surface area contributed by atoms with Gasteiger partial charge >= 0.3 is 5.82 Å². The number of nitrogens with zero attached hydrogens (tertiary/aromatic N) is 2. The zero-order valence-corrected chi connectivity index (χ0v) is 13.4. The molecule has 0 aliphatic heterocycles. The van der Waals surface area contributed by atoms with E-state index in [-0.39, 0.29) is 11.7 Å². The van der Waals surface area contributed by atoms with Crippen molar-refractivity contribution in [3.63, 3.8) is 0 Å². The van der Waals surface area contributed by atoms with Crippen molar-refractivity contribution >= 4 is 23.3 Å². The van der Waals surface area contributed by atoms with Gasteiger partial charge in [-0.3, -0.25) is 9.59 Å². The molecular formula is C16H16N4O5. The van der Waals surface area contributed by atoms with Gasteiger partial charge in [-0.1, -0.05) is 6.07 Å². The highest BCUT2D eigenvalue weighted by Gasteiger charge is 2.16. The molecule has 130 valence electrons. The van der Waals surface area contributed by atoms with E-state index in [0.29, 0.717) is 17.8 Å². The van der Waals surface area contributed by atoms with Crippen molar-refractivity contribution in [1.82, 2.24) is 10.3 Å². The minimum absolute atomic E-state index is 0.0984. The van der Waals surface area contributed by atoms with Crippen LogP contribution < -0.4 is 15.4 Å². The van der Waals surface area contributed by atoms with Crippen LogP contribution in [0.1, 0.15) is 17.3 Å². The van der Waals surface area contributed by atoms with Crippen molar-refractivity contribution in [3.05, 3.63) is 58.3 Å². The molecule has 1 aromatic heterocycles. The number of rotatable bonds is 7. The Morgan fingerprint density at radius 3 is 2.80 bits per heavy atom. The molecule has 0 bridgehead atoms. The molecule has 2 aromatic rings. The molecule has 1 heterocycles. The fourth-order valence-electron chi connectivity index (χ4n) is 1.97. The number of carbonyl (C=O) groups excluding carboxylic acids is 2. The van der Waals surface area contributed by atoms with Gasteiger partial charge in [-0.15, -0.1) is 0 Å². The molecule has 9 nitrogen and oxygen atoms in total. The van der Waals surface area contributed by atoms with Crippen LogP contribution >= 0.6 is 0 Å². The number of anilines is 1. The van der Waals surface area contributed by atoms with Gasteiger partial charge in [-0.25, -0.2) is 0 Å². The van der Waals surface area contributed by atoms with Gasteiger partial charge in [0.15, 0.2) is 6.61 Å². The summed E-state index contributed by atoms with van der Waals surface area (Å²) in [6.45, 7) is 1.86. The Hall–Kier alpha value is -3.49. The summed E-state index contributed by atoms with van der Waals surface area (Å²) >= 11 is 0. The fourth-order valence-corrected chi connectivity index (χ4v) is 1.97. The highest BCUT2D eigenvalue weighted by Crippen LogP contribution is 2.22. The molecule has 1 aromatic carbocycles. The Morgan fingerprint density at radius 2 is 2.08 bits per heavy atom. The van der Waals surface area contributed by atoms with Crippen LogP contribution in [0.15, 0.2) is 42.6 Å². The molecule has 0 unspecified atom stereocenters. The largest absolute Gasteiger partial charge is 0.476 e. The summed E-state index contributed by atoms with van der Waals surface area (Å²) in [7, 11) is 0. The Labute approximate surface area is 143 Å². The minimum Gasteiger partial charge on any atom is -0.476 e. The Morgan fingerprint density at radius 1 is 1.28 bits per heavy atom. The van der Waals surface area contributed by atoms with Crippen LogP contribution in [0.2, 0.25) is 0 Å². The predicted molar refractivity (Wildman–Crippen MR) is 89.5 cm³/mol. The van der Waals surface area contributed by atoms with Crippen LogP contribution in [0, 0.1) is 10.1 Å². The summed E-state index contributed by atoms with van der Waals surface area (Å²) in [5, 5.41) is 16.1. The SMILES string of the molecule is CCNC(=O)c1cccc(NC(=O)COc2cccnc2[N+](=O)[O-])c1. The Kier molecular flexibility index (Phi) is 5.99. The molecule has 0 aliphatic rings. The van der Waals surface area contributed by atoms with Gasteiger partial charge in [0.05, 0.1) is 0 Å². The first-order valence-electron chi connectivity index (χ1n) is 7.41. The third-order valence-electron chi connectivity index (χ3n) is 3.03. The van der Waals surface area contributed by atoms with Gasteiger partial charge < -0.3 is 25.5 Å². The van der Waals surface area contributed by atoms with E-state index >= 15 is 0 Å². The number of pyridine rings is 1. The van der Waals surface area contributed by atoms with E-state index in [0.717, 1.165) is 0 Å². The summed E-state index contributed by atoms with van der Waals surface area (Å²) in [6.07, 6.45) is 1.26. The van der Waals surface area contributed by atoms with Crippen molar-refractivity contribution < 1.29 is 19.2 Å². The lowest BCUT2D eigenvalue weighted by Gasteiger charge is -2.09. The maximum absolute atomic E-state index is 11.9. The van der Waals surface area contributed by atoms with E-state index in [1.807, 2.05) is 0 Å². The lowest BCUT2D eigenvalue weighted by molar-refractivity contribution is -0.390. The Balaban J connectivity index is 1.98. The first-order chi connectivity index (χ1) is 12.0. The standard InChI is InChI=1S/C16H16N4O5/c1-2-17-16(22)11-5-3-6-12(9-11)19-14(21)10-25-13-7-4-8-18-15(13)20(23)24/h3-9H,2,10H2,1H3,(H,17,22)(H,19,21). The molecule has 25 heavy (non-hydrogen) atoms. The zero-order valence-electron chi connectivity index (χ0n) is 13.4. The quantitative estimate of drug-likeness (QED) is 0.582. The maximum atomic E-state index is 11.9. The highest BCUT2D eigenvalue weighted by atomic mass is 16.6. The van der Waals surface area contributed by atoms with Crippen LogP contribution in [0.25, 0.3) is 0 Å². The molecule has 9 heteroatoms. The number of nitrogens with one attached hydrogen (secondary N) is 2. The lowest BCUT2D eigenvalue weighted by Crippen LogP contribution is -2.23. The van der Waals surface area contributed by atoms with Crippen molar-refractivity contribution in [2.24, 2.45) is 0 Å². The molecule has 0 aliphatic carbocycles. The van der Waals surface area contributed by atoms with Gasteiger partial charge in [0, 0.05) is 17.8 Å². The number of aromatic nitrogens is 1. The minimum atomic E-state index is -0.691. The van der Waals surface area contributed by atoms with Gasteiger partial charge in [0.2, 0.25) is 5.75 Å². The summed E-state index contributed by atoms with van der Waals surface area (Å²) in [5.74, 6) is -1.33. The number of hydrogen-bond donors (Lipinski definition) is 2. The molecule has 0 fully saturated rings. The van der Waals surface area contributed by atoms with E-state index in [1.165, 1.54) is 24.4 Å². The van der Waals surface area contributed by atoms with Crippen molar-refractivity contribution in [1.29, 1.82) is 0 Å². The summed E-state index contributed by atoms with van der Waals surface area (Å²) in [5.41, 5.74) is 0.821. The third-order valence-corrected chi connectivity index (χ3v) is 3.03. The molecule has 0 spiro atoms. The monoisotopic (exact) mass is 344 g/mol. The van der Waals surface area contributed by atoms with Gasteiger partial charge in [-0.05, 0) is 47.2 Å². The second-order valence-electron chi connectivity index (χ2n) is 4.86. The third kappa shape index (κ3) is 4.99. The van der Waals surface area contributed by atoms with Gasteiger partial charge in [0.25, 0.3) is 11.8 Å². The first kappa shape index (κ1) is 17.9.